The lowest BCUT2D eigenvalue weighted by molar-refractivity contribution is -0.151. The van der Waals surface area contributed by atoms with E-state index in [1.807, 2.05) is 147 Å². The number of ether oxygens (including phenoxy) is 8. The largest absolute Gasteiger partial charge is 0.543 e. The van der Waals surface area contributed by atoms with Gasteiger partial charge in [0.1, 0.15) is 65.2 Å². The van der Waals surface area contributed by atoms with Gasteiger partial charge in [-0.1, -0.05) is 135 Å². The molecule has 0 aliphatic carbocycles. The highest BCUT2D eigenvalue weighted by molar-refractivity contribution is 7.86. The van der Waals surface area contributed by atoms with E-state index < -0.39 is 54.6 Å². The molecule has 0 unspecified atom stereocenters. The van der Waals surface area contributed by atoms with E-state index in [2.05, 4.69) is 38.8 Å². The van der Waals surface area contributed by atoms with Crippen molar-refractivity contribution in [2.75, 3.05) is 41.2 Å². The second kappa shape index (κ2) is 31.5. The number of carbonyl (C=O) groups is 1. The van der Waals surface area contributed by atoms with Crippen molar-refractivity contribution in [2.24, 2.45) is 0 Å². The van der Waals surface area contributed by atoms with Crippen LogP contribution in [0.25, 0.3) is 43.0 Å². The molecule has 3 aromatic heterocycles. The maximum absolute atomic E-state index is 14.9. The molecule has 2 atom stereocenters. The Morgan fingerprint density at radius 2 is 1.30 bits per heavy atom. The predicted molar refractivity (Wildman–Crippen MR) is 395 cm³/mol. The SMILES string of the molecule is CCOC(=O)[C@@H](Cc1cc(O[Si](C)(C)C(C)(C)C)ccc1OCc1ccnc(-c2ccccc2OC)n1)Oc1nccc2sc(-c3ccc(F)cc3)c(-c3ccc(O[C@H](COC(c4ccccc4)(c4ccc(OC)cc4)c4ccc(OC)cc4)COS(=O)(=O)c4ccc(C)cc4)c(Cl)c3C)c12. The molecule has 11 aromatic rings. The molecule has 8 aromatic carbocycles. The van der Waals surface area contributed by atoms with Crippen LogP contribution in [-0.2, 0) is 47.2 Å². The molecule has 16 nitrogen and oxygen atoms in total. The van der Waals surface area contributed by atoms with Crippen molar-refractivity contribution in [1.29, 1.82) is 0 Å². The third-order valence-electron chi connectivity index (χ3n) is 17.8. The smallest absolute Gasteiger partial charge is 0.347 e. The molecule has 0 radical (unpaired) electrons. The van der Waals surface area contributed by atoms with Gasteiger partial charge in [-0.15, -0.1) is 11.3 Å². The molecule has 0 fully saturated rings. The Morgan fingerprint density at radius 3 is 1.95 bits per heavy atom. The summed E-state index contributed by atoms with van der Waals surface area (Å²) in [6.07, 6.45) is 0.733. The van der Waals surface area contributed by atoms with Gasteiger partial charge < -0.3 is 42.3 Å². The van der Waals surface area contributed by atoms with Gasteiger partial charge in [0.25, 0.3) is 10.1 Å². The summed E-state index contributed by atoms with van der Waals surface area (Å²) in [7, 11) is -1.99. The number of aromatic nitrogens is 3. The third kappa shape index (κ3) is 16.4. The van der Waals surface area contributed by atoms with Crippen molar-refractivity contribution in [3.8, 4) is 73.3 Å². The van der Waals surface area contributed by atoms with Crippen LogP contribution < -0.4 is 32.8 Å². The number of rotatable bonds is 29. The number of esters is 1. The third-order valence-corrected chi connectivity index (χ3v) is 25.1. The minimum atomic E-state index is -4.36. The van der Waals surface area contributed by atoms with Gasteiger partial charge in [0.2, 0.25) is 20.3 Å². The summed E-state index contributed by atoms with van der Waals surface area (Å²) < 4.78 is 107. The maximum Gasteiger partial charge on any atom is 0.347 e. The highest BCUT2D eigenvalue weighted by Crippen LogP contribution is 2.51. The van der Waals surface area contributed by atoms with Crippen molar-refractivity contribution in [1.82, 2.24) is 15.0 Å². The van der Waals surface area contributed by atoms with Crippen LogP contribution in [0.3, 0.4) is 0 Å². The van der Waals surface area contributed by atoms with Crippen molar-refractivity contribution >= 4 is 57.4 Å². The van der Waals surface area contributed by atoms with Crippen LogP contribution in [0.4, 0.5) is 4.39 Å². The molecule has 0 saturated heterocycles. The fourth-order valence-corrected chi connectivity index (χ4v) is 14.8. The fourth-order valence-electron chi connectivity index (χ4n) is 11.4. The molecular weight excluding hydrogens is 1360 g/mol. The minimum absolute atomic E-state index is 0.0321. The van der Waals surface area contributed by atoms with Gasteiger partial charge in [-0.25, -0.2) is 24.1 Å². The Labute approximate surface area is 599 Å². The summed E-state index contributed by atoms with van der Waals surface area (Å²) in [4.78, 5) is 29.6. The Hall–Kier alpha value is -9.67. The highest BCUT2D eigenvalue weighted by Gasteiger charge is 2.41. The number of thiophene rings is 1. The van der Waals surface area contributed by atoms with E-state index in [4.69, 9.17) is 68.1 Å². The van der Waals surface area contributed by atoms with Gasteiger partial charge in [-0.2, -0.15) is 8.42 Å². The lowest BCUT2D eigenvalue weighted by Crippen LogP contribution is -2.43. The van der Waals surface area contributed by atoms with Crippen molar-refractivity contribution in [3.63, 3.8) is 0 Å². The molecule has 3 heterocycles. The number of para-hydroxylation sites is 1. The van der Waals surface area contributed by atoms with E-state index in [-0.39, 0.29) is 52.8 Å². The standard InChI is InChI=1S/C80H79ClFN3O13S2Si/c1-12-92-78(86)70(47-54-46-62(98-101(10,11)79(4,5)6)36-40-67(54)93-48-59-42-44-83-76(85-59)66-20-16-17-21-68(66)91-9)97-77-73-71(43-45-84-77)99-75(53-24-30-58(82)31-25-53)72(73)65-39-41-69(74(81)52(65)3)96-63(50-95-100(87,88)64-37-22-51(2)23-38-64)49-94-80(55-18-14-13-15-19-55,56-26-32-60(89-7)33-27-56)57-28-34-61(90-8)35-29-57/h13-46,63,70H,12,47-50H2,1-11H3/t63-,70-/m1/s1. The van der Waals surface area contributed by atoms with Gasteiger partial charge in [0, 0.05) is 39.5 Å². The summed E-state index contributed by atoms with van der Waals surface area (Å²) in [5.41, 5.74) is 6.02. The lowest BCUT2D eigenvalue weighted by atomic mass is 9.80. The zero-order valence-corrected chi connectivity index (χ0v) is 61.4. The first kappa shape index (κ1) is 72.6. The number of hydrogen-bond acceptors (Lipinski definition) is 17. The molecular formula is C80H79ClFN3O13S2Si. The van der Waals surface area contributed by atoms with E-state index in [0.29, 0.717) is 88.6 Å². The minimum Gasteiger partial charge on any atom is -0.543 e. The normalized spacial score (nSPS) is 12.5. The number of carbonyl (C=O) groups excluding carboxylic acids is 1. The second-order valence-corrected chi connectivity index (χ2v) is 33.3. The number of pyridine rings is 1. The van der Waals surface area contributed by atoms with Crippen molar-refractivity contribution in [3.05, 3.63) is 256 Å². The summed E-state index contributed by atoms with van der Waals surface area (Å²) in [6, 6.07) is 57.5. The van der Waals surface area contributed by atoms with Crippen LogP contribution in [0.2, 0.25) is 23.2 Å². The summed E-state index contributed by atoms with van der Waals surface area (Å²) >= 11 is 9.04. The molecule has 522 valence electrons. The number of aryl methyl sites for hydroxylation is 1. The van der Waals surface area contributed by atoms with Gasteiger partial charge in [-0.05, 0) is 169 Å². The number of fused-ring (bicyclic) bond motifs is 1. The number of benzene rings is 8. The quantitative estimate of drug-likeness (QED) is 0.0187. The first-order valence-electron chi connectivity index (χ1n) is 32.8. The van der Waals surface area contributed by atoms with Crippen molar-refractivity contribution in [2.45, 2.75) is 95.4 Å². The Bertz CT molecular complexity index is 4760. The molecule has 0 N–H and O–H groups in total. The molecule has 21 heteroatoms. The molecule has 0 spiro atoms. The number of halogens is 2. The lowest BCUT2D eigenvalue weighted by Gasteiger charge is -2.37. The molecule has 0 amide bonds. The first-order chi connectivity index (χ1) is 48.5. The van der Waals surface area contributed by atoms with E-state index in [0.717, 1.165) is 22.3 Å². The Morgan fingerprint density at radius 1 is 0.663 bits per heavy atom. The van der Waals surface area contributed by atoms with E-state index in [1.165, 1.54) is 35.6 Å². The molecule has 0 aliphatic heterocycles. The Balaban J connectivity index is 0.990. The van der Waals surface area contributed by atoms with Gasteiger partial charge in [0.15, 0.2) is 5.82 Å². The number of hydrogen-bond donors (Lipinski definition) is 0. The molecule has 0 saturated carbocycles. The Kier molecular flexibility index (Phi) is 22.6. The van der Waals surface area contributed by atoms with Gasteiger partial charge in [0.05, 0.1) is 61.1 Å². The summed E-state index contributed by atoms with van der Waals surface area (Å²) in [5, 5.41) is 0.541. The summed E-state index contributed by atoms with van der Waals surface area (Å²) in [5.74, 6) is 2.53. The number of methoxy groups -OCH3 is 3. The zero-order chi connectivity index (χ0) is 71.6. The zero-order valence-electron chi connectivity index (χ0n) is 58.0. The van der Waals surface area contributed by atoms with Crippen molar-refractivity contribution < 1.29 is 64.1 Å². The van der Waals surface area contributed by atoms with Crippen LogP contribution in [-0.4, -0.2) is 91.0 Å². The van der Waals surface area contributed by atoms with Crippen LogP contribution in [0.15, 0.2) is 211 Å². The number of nitrogens with zero attached hydrogens (tertiary/aromatic N) is 3. The molecule has 0 bridgehead atoms. The maximum atomic E-state index is 14.9. The van der Waals surface area contributed by atoms with Crippen LogP contribution >= 0.6 is 22.9 Å². The van der Waals surface area contributed by atoms with E-state index in [9.17, 15) is 17.6 Å². The monoisotopic (exact) mass is 1440 g/mol. The topological polar surface area (TPSA) is 182 Å². The molecule has 0 aliphatic rings. The predicted octanol–water partition coefficient (Wildman–Crippen LogP) is 18.2. The average Bonchev–Trinajstić information content (AvgIpc) is 1.71. The van der Waals surface area contributed by atoms with E-state index >= 15 is 0 Å². The second-order valence-electron chi connectivity index (χ2n) is 25.5. The van der Waals surface area contributed by atoms with Crippen LogP contribution in [0.1, 0.15) is 66.8 Å². The highest BCUT2D eigenvalue weighted by atomic mass is 35.5. The van der Waals surface area contributed by atoms with Crippen LogP contribution in [0, 0.1) is 19.7 Å². The van der Waals surface area contributed by atoms with Crippen LogP contribution in [0.5, 0.6) is 40.4 Å². The van der Waals surface area contributed by atoms with E-state index in [1.54, 1.807) is 77.0 Å². The molecule has 11 rings (SSSR count). The summed E-state index contributed by atoms with van der Waals surface area (Å²) in [6.45, 7) is 15.5. The van der Waals surface area contributed by atoms with Gasteiger partial charge >= 0.3 is 5.97 Å². The first-order valence-corrected chi connectivity index (χ1v) is 38.4. The molecule has 101 heavy (non-hydrogen) atoms. The van der Waals surface area contributed by atoms with Gasteiger partial charge in [-0.3, -0.25) is 4.18 Å². The fraction of sp³-hybridized carbons (Fsp3) is 0.250. The average molecular weight is 1440 g/mol.